The first kappa shape index (κ1) is 17.0. The van der Waals surface area contributed by atoms with Crippen molar-refractivity contribution < 1.29 is 4.79 Å². The Balaban J connectivity index is 1.78. The molecule has 0 unspecified atom stereocenters. The molecule has 2 heterocycles. The molecule has 0 atom stereocenters. The third-order valence-corrected chi connectivity index (χ3v) is 4.63. The number of carbonyl (C=O) groups is 1. The van der Waals surface area contributed by atoms with Gasteiger partial charge in [-0.25, -0.2) is 0 Å². The van der Waals surface area contributed by atoms with E-state index in [-0.39, 0.29) is 23.7 Å². The van der Waals surface area contributed by atoms with E-state index in [1.165, 1.54) is 4.57 Å². The first-order chi connectivity index (χ1) is 13.0. The molecule has 0 bridgehead atoms. The third-order valence-electron chi connectivity index (χ3n) is 4.63. The van der Waals surface area contributed by atoms with E-state index in [4.69, 9.17) is 0 Å². The molecule has 7 nitrogen and oxygen atoms in total. The van der Waals surface area contributed by atoms with Crippen LogP contribution in [0.1, 0.15) is 17.0 Å². The van der Waals surface area contributed by atoms with Crippen molar-refractivity contribution >= 4 is 28.3 Å². The summed E-state index contributed by atoms with van der Waals surface area (Å²) in [5, 5.41) is 10.9. The van der Waals surface area contributed by atoms with Gasteiger partial charge in [0.05, 0.1) is 11.0 Å². The van der Waals surface area contributed by atoms with Crippen LogP contribution in [-0.4, -0.2) is 25.1 Å². The molecule has 0 aliphatic carbocycles. The number of fused-ring (bicyclic) bond motifs is 3. The average molecular weight is 361 g/mol. The molecular weight excluding hydrogens is 342 g/mol. The zero-order valence-corrected chi connectivity index (χ0v) is 15.4. The van der Waals surface area contributed by atoms with E-state index >= 15 is 0 Å². The zero-order chi connectivity index (χ0) is 19.1. The number of aromatic nitrogens is 4. The highest BCUT2D eigenvalue weighted by atomic mass is 16.2. The first-order valence-corrected chi connectivity index (χ1v) is 8.66. The Hall–Kier alpha value is -3.48. The number of para-hydroxylation sites is 2. The molecule has 2 aromatic heterocycles. The Morgan fingerprint density at radius 1 is 1.04 bits per heavy atom. The fourth-order valence-corrected chi connectivity index (χ4v) is 3.35. The van der Waals surface area contributed by atoms with Gasteiger partial charge in [-0.3, -0.25) is 18.6 Å². The van der Waals surface area contributed by atoms with Gasteiger partial charge in [0.25, 0.3) is 5.56 Å². The van der Waals surface area contributed by atoms with Crippen LogP contribution in [0.5, 0.6) is 0 Å². The lowest BCUT2D eigenvalue weighted by molar-refractivity contribution is -0.116. The minimum atomic E-state index is -0.343. The quantitative estimate of drug-likeness (QED) is 0.608. The van der Waals surface area contributed by atoms with E-state index in [9.17, 15) is 9.59 Å². The third kappa shape index (κ3) is 2.87. The summed E-state index contributed by atoms with van der Waals surface area (Å²) < 4.78 is 3.16. The van der Waals surface area contributed by atoms with Gasteiger partial charge >= 0.3 is 0 Å². The van der Waals surface area contributed by atoms with Crippen molar-refractivity contribution in [3.63, 3.8) is 0 Å². The molecule has 27 heavy (non-hydrogen) atoms. The number of aryl methyl sites for hydroxylation is 3. The number of amides is 1. The molecule has 1 N–H and O–H groups in total. The molecule has 136 valence electrons. The molecule has 2 aromatic carbocycles. The van der Waals surface area contributed by atoms with Gasteiger partial charge < -0.3 is 5.32 Å². The van der Waals surface area contributed by atoms with E-state index in [2.05, 4.69) is 15.5 Å². The summed E-state index contributed by atoms with van der Waals surface area (Å²) in [6, 6.07) is 13.2. The Bertz CT molecular complexity index is 1250. The molecule has 0 fully saturated rings. The number of hydrogen-bond donors (Lipinski definition) is 1. The molecule has 1 amide bonds. The monoisotopic (exact) mass is 361 g/mol. The number of rotatable bonds is 3. The maximum atomic E-state index is 12.9. The lowest BCUT2D eigenvalue weighted by Gasteiger charge is -2.13. The molecular formula is C20H19N5O2. The van der Waals surface area contributed by atoms with Crippen molar-refractivity contribution in [2.45, 2.75) is 27.3 Å². The lowest BCUT2D eigenvalue weighted by atomic mass is 10.1. The minimum absolute atomic E-state index is 0.102. The molecule has 0 saturated carbocycles. The largest absolute Gasteiger partial charge is 0.324 e. The van der Waals surface area contributed by atoms with Crippen molar-refractivity contribution in [1.82, 2.24) is 19.2 Å². The number of hydrogen-bond acceptors (Lipinski definition) is 4. The van der Waals surface area contributed by atoms with Crippen LogP contribution < -0.4 is 10.9 Å². The summed E-state index contributed by atoms with van der Waals surface area (Å²) in [4.78, 5) is 25.6. The SMILES string of the molecule is Cc1ccc(NC(=O)Cn2c(=O)c3nnc(C)n3c3ccccc32)c(C)c1. The van der Waals surface area contributed by atoms with Gasteiger partial charge in [-0.05, 0) is 44.5 Å². The number of benzene rings is 2. The van der Waals surface area contributed by atoms with E-state index < -0.39 is 0 Å². The molecule has 4 rings (SSSR count). The summed E-state index contributed by atoms with van der Waals surface area (Å²) in [6.45, 7) is 5.63. The lowest BCUT2D eigenvalue weighted by Crippen LogP contribution is -2.29. The van der Waals surface area contributed by atoms with Crippen molar-refractivity contribution in [1.29, 1.82) is 0 Å². The van der Waals surface area contributed by atoms with E-state index in [0.29, 0.717) is 11.3 Å². The number of anilines is 1. The second kappa shape index (κ2) is 6.35. The maximum absolute atomic E-state index is 12.9. The smallest absolute Gasteiger partial charge is 0.297 e. The van der Waals surface area contributed by atoms with Crippen molar-refractivity contribution in [3.05, 3.63) is 69.8 Å². The highest BCUT2D eigenvalue weighted by Crippen LogP contribution is 2.17. The zero-order valence-electron chi connectivity index (χ0n) is 15.4. The van der Waals surface area contributed by atoms with Crippen LogP contribution in [0.3, 0.4) is 0 Å². The second-order valence-corrected chi connectivity index (χ2v) is 6.65. The van der Waals surface area contributed by atoms with E-state index in [1.54, 1.807) is 11.3 Å². The fourth-order valence-electron chi connectivity index (χ4n) is 3.35. The topological polar surface area (TPSA) is 81.3 Å². The van der Waals surface area contributed by atoms with Crippen molar-refractivity contribution in [3.8, 4) is 0 Å². The standard InChI is InChI=1S/C20H19N5O2/c1-12-8-9-15(13(2)10-12)21-18(26)11-24-16-6-4-5-7-17(16)25-14(3)22-23-19(25)20(24)27/h4-10H,11H2,1-3H3,(H,21,26). The Morgan fingerprint density at radius 2 is 1.78 bits per heavy atom. The van der Waals surface area contributed by atoms with Crippen molar-refractivity contribution in [2.75, 3.05) is 5.32 Å². The van der Waals surface area contributed by atoms with Gasteiger partial charge in [0, 0.05) is 5.69 Å². The molecule has 0 aliphatic heterocycles. The maximum Gasteiger partial charge on any atom is 0.297 e. The summed E-state index contributed by atoms with van der Waals surface area (Å²) in [7, 11) is 0. The van der Waals surface area contributed by atoms with Crippen LogP contribution in [0.2, 0.25) is 0 Å². The Labute approximate surface area is 155 Å². The highest BCUT2D eigenvalue weighted by Gasteiger charge is 2.16. The summed E-state index contributed by atoms with van der Waals surface area (Å²) in [5.41, 5.74) is 4.16. The van der Waals surface area contributed by atoms with Gasteiger partial charge in [0.1, 0.15) is 12.4 Å². The van der Waals surface area contributed by atoms with Crippen LogP contribution in [-0.2, 0) is 11.3 Å². The van der Waals surface area contributed by atoms with Crippen LogP contribution in [0.15, 0.2) is 47.3 Å². The first-order valence-electron chi connectivity index (χ1n) is 8.66. The predicted octanol–water partition coefficient (Wildman–Crippen LogP) is 2.61. The fraction of sp³-hybridized carbons (Fsp3) is 0.200. The summed E-state index contributed by atoms with van der Waals surface area (Å²) in [5.74, 6) is 0.361. The van der Waals surface area contributed by atoms with Crippen LogP contribution in [0, 0.1) is 20.8 Å². The number of carbonyl (C=O) groups excluding carboxylic acids is 1. The Kier molecular flexibility index (Phi) is 3.99. The molecule has 0 spiro atoms. The predicted molar refractivity (Wildman–Crippen MR) is 104 cm³/mol. The summed E-state index contributed by atoms with van der Waals surface area (Å²) >= 11 is 0. The average Bonchev–Trinajstić information content (AvgIpc) is 3.03. The van der Waals surface area contributed by atoms with Gasteiger partial charge in [0.15, 0.2) is 0 Å². The molecule has 0 radical (unpaired) electrons. The number of nitrogens with one attached hydrogen (secondary N) is 1. The van der Waals surface area contributed by atoms with Crippen LogP contribution in [0.25, 0.3) is 16.7 Å². The van der Waals surface area contributed by atoms with Crippen molar-refractivity contribution in [2.24, 2.45) is 0 Å². The molecule has 7 heteroatoms. The van der Waals surface area contributed by atoms with Crippen LogP contribution in [0.4, 0.5) is 5.69 Å². The second-order valence-electron chi connectivity index (χ2n) is 6.65. The highest BCUT2D eigenvalue weighted by molar-refractivity contribution is 5.92. The summed E-state index contributed by atoms with van der Waals surface area (Å²) in [6.07, 6.45) is 0. The molecule has 0 aliphatic rings. The van der Waals surface area contributed by atoms with Gasteiger partial charge in [-0.15, -0.1) is 10.2 Å². The van der Waals surface area contributed by atoms with Gasteiger partial charge in [0.2, 0.25) is 11.6 Å². The van der Waals surface area contributed by atoms with Gasteiger partial charge in [-0.2, -0.15) is 0 Å². The van der Waals surface area contributed by atoms with E-state index in [1.807, 2.05) is 56.3 Å². The molecule has 0 saturated heterocycles. The minimum Gasteiger partial charge on any atom is -0.324 e. The van der Waals surface area contributed by atoms with Gasteiger partial charge in [-0.1, -0.05) is 29.8 Å². The van der Waals surface area contributed by atoms with Crippen LogP contribution >= 0.6 is 0 Å². The normalized spacial score (nSPS) is 11.2. The molecule has 4 aromatic rings. The number of nitrogens with zero attached hydrogens (tertiary/aromatic N) is 4. The van der Waals surface area contributed by atoms with E-state index in [0.717, 1.165) is 22.3 Å². The Morgan fingerprint density at radius 3 is 2.52 bits per heavy atom.